The van der Waals surface area contributed by atoms with Crippen LogP contribution in [0.25, 0.3) is 0 Å². The Morgan fingerprint density at radius 2 is 1.65 bits per heavy atom. The average molecular weight is 379 g/mol. The summed E-state index contributed by atoms with van der Waals surface area (Å²) in [6.45, 7) is 1.96. The summed E-state index contributed by atoms with van der Waals surface area (Å²) in [4.78, 5) is 12.3. The van der Waals surface area contributed by atoms with Crippen LogP contribution in [-0.2, 0) is 17.6 Å². The van der Waals surface area contributed by atoms with E-state index in [1.54, 1.807) is 14.2 Å². The molecule has 0 aromatic heterocycles. The molecule has 0 aliphatic heterocycles. The maximum Gasteiger partial charge on any atom is 0.237 e. The smallest absolute Gasteiger partial charge is 0.237 e. The molecule has 6 heteroatoms. The molecule has 3 N–H and O–H groups in total. The Hall–Kier alpha value is -2.24. The lowest BCUT2D eigenvalue weighted by atomic mass is 10.0. The van der Waals surface area contributed by atoms with Crippen LogP contribution in [-0.4, -0.2) is 32.2 Å². The van der Waals surface area contributed by atoms with Crippen LogP contribution < -0.4 is 20.5 Å². The Kier molecular flexibility index (Phi) is 8.96. The summed E-state index contributed by atoms with van der Waals surface area (Å²) in [6, 6.07) is 14.9. The number of nitrogens with two attached hydrogens (primary N) is 1. The van der Waals surface area contributed by atoms with Gasteiger partial charge in [0, 0.05) is 6.04 Å². The van der Waals surface area contributed by atoms with E-state index >= 15 is 0 Å². The van der Waals surface area contributed by atoms with Gasteiger partial charge in [-0.2, -0.15) is 0 Å². The van der Waals surface area contributed by atoms with E-state index in [1.807, 2.05) is 55.5 Å². The molecular weight excluding hydrogens is 352 g/mol. The van der Waals surface area contributed by atoms with Crippen molar-refractivity contribution in [2.24, 2.45) is 5.73 Å². The highest BCUT2D eigenvalue weighted by Gasteiger charge is 2.17. The van der Waals surface area contributed by atoms with Crippen molar-refractivity contribution in [1.82, 2.24) is 5.32 Å². The number of halogens is 1. The molecule has 0 aliphatic rings. The molecule has 1 unspecified atom stereocenters. The van der Waals surface area contributed by atoms with Gasteiger partial charge in [0.1, 0.15) is 0 Å². The van der Waals surface area contributed by atoms with Crippen molar-refractivity contribution in [2.75, 3.05) is 14.2 Å². The van der Waals surface area contributed by atoms with Crippen LogP contribution in [0.3, 0.4) is 0 Å². The Morgan fingerprint density at radius 1 is 1.00 bits per heavy atom. The van der Waals surface area contributed by atoms with Crippen LogP contribution in [0.4, 0.5) is 0 Å². The number of ether oxygens (including phenoxy) is 2. The number of methoxy groups -OCH3 is 2. The quantitative estimate of drug-likeness (QED) is 0.740. The SMILES string of the molecule is COc1ccc(CC(C)NC(=O)[C@@H](N)Cc2ccccc2)cc1OC.Cl. The van der Waals surface area contributed by atoms with Gasteiger partial charge in [-0.1, -0.05) is 36.4 Å². The normalized spacial score (nSPS) is 12.5. The van der Waals surface area contributed by atoms with E-state index in [1.165, 1.54) is 0 Å². The zero-order valence-electron chi connectivity index (χ0n) is 15.4. The molecule has 0 saturated carbocycles. The van der Waals surface area contributed by atoms with Gasteiger partial charge in [-0.3, -0.25) is 4.79 Å². The predicted octanol–water partition coefficient (Wildman–Crippen LogP) is 2.74. The number of nitrogens with one attached hydrogen (secondary N) is 1. The van der Waals surface area contributed by atoms with Crippen molar-refractivity contribution >= 4 is 18.3 Å². The number of rotatable bonds is 8. The summed E-state index contributed by atoms with van der Waals surface area (Å²) in [5.41, 5.74) is 8.14. The van der Waals surface area contributed by atoms with Crippen LogP contribution in [0.15, 0.2) is 48.5 Å². The second-order valence-corrected chi connectivity index (χ2v) is 6.10. The first kappa shape index (κ1) is 21.8. The molecule has 0 fully saturated rings. The summed E-state index contributed by atoms with van der Waals surface area (Å²) < 4.78 is 10.5. The monoisotopic (exact) mass is 378 g/mol. The largest absolute Gasteiger partial charge is 0.493 e. The second-order valence-electron chi connectivity index (χ2n) is 6.10. The van der Waals surface area contributed by atoms with Gasteiger partial charge in [-0.05, 0) is 43.0 Å². The molecule has 2 aromatic carbocycles. The Bertz CT molecular complexity index is 695. The van der Waals surface area contributed by atoms with Crippen LogP contribution in [0, 0.1) is 0 Å². The molecule has 142 valence electrons. The van der Waals surface area contributed by atoms with Crippen molar-refractivity contribution in [3.63, 3.8) is 0 Å². The minimum Gasteiger partial charge on any atom is -0.493 e. The Morgan fingerprint density at radius 3 is 2.27 bits per heavy atom. The lowest BCUT2D eigenvalue weighted by Crippen LogP contribution is -2.46. The van der Waals surface area contributed by atoms with Gasteiger partial charge >= 0.3 is 0 Å². The number of carbonyl (C=O) groups is 1. The van der Waals surface area contributed by atoms with Crippen LogP contribution >= 0.6 is 12.4 Å². The molecule has 2 aromatic rings. The van der Waals surface area contributed by atoms with E-state index in [0.717, 1.165) is 11.1 Å². The Labute approximate surface area is 161 Å². The molecule has 1 amide bonds. The van der Waals surface area contributed by atoms with Crippen molar-refractivity contribution in [2.45, 2.75) is 31.8 Å². The zero-order valence-corrected chi connectivity index (χ0v) is 16.2. The maximum absolute atomic E-state index is 12.3. The highest BCUT2D eigenvalue weighted by Crippen LogP contribution is 2.27. The fourth-order valence-corrected chi connectivity index (χ4v) is 2.72. The molecule has 2 rings (SSSR count). The third-order valence-electron chi connectivity index (χ3n) is 4.01. The third kappa shape index (κ3) is 6.24. The molecule has 0 saturated heterocycles. The number of hydrogen-bond donors (Lipinski definition) is 2. The predicted molar refractivity (Wildman–Crippen MR) is 106 cm³/mol. The van der Waals surface area contributed by atoms with E-state index in [-0.39, 0.29) is 24.4 Å². The van der Waals surface area contributed by atoms with Gasteiger partial charge in [0.05, 0.1) is 20.3 Å². The number of amides is 1. The van der Waals surface area contributed by atoms with E-state index < -0.39 is 6.04 Å². The standard InChI is InChI=1S/C20H26N2O3.ClH/c1-14(11-16-9-10-18(24-2)19(13-16)25-3)22-20(23)17(21)12-15-7-5-4-6-8-15;/h4-10,13-14,17H,11-12,21H2,1-3H3,(H,22,23);1H/t14?,17-;/m0./s1. The first-order valence-corrected chi connectivity index (χ1v) is 8.34. The second kappa shape index (κ2) is 10.7. The molecular formula is C20H27ClN2O3. The summed E-state index contributed by atoms with van der Waals surface area (Å²) in [6.07, 6.45) is 1.21. The van der Waals surface area contributed by atoms with Crippen LogP contribution in [0.1, 0.15) is 18.1 Å². The van der Waals surface area contributed by atoms with Crippen molar-refractivity contribution in [3.05, 3.63) is 59.7 Å². The molecule has 0 bridgehead atoms. The molecule has 0 aliphatic carbocycles. The topological polar surface area (TPSA) is 73.6 Å². The van der Waals surface area contributed by atoms with Gasteiger partial charge < -0.3 is 20.5 Å². The number of carbonyl (C=O) groups excluding carboxylic acids is 1. The Balaban J connectivity index is 0.00000338. The average Bonchev–Trinajstić information content (AvgIpc) is 2.62. The van der Waals surface area contributed by atoms with Crippen LogP contribution in [0.2, 0.25) is 0 Å². The van der Waals surface area contributed by atoms with E-state index in [4.69, 9.17) is 15.2 Å². The molecule has 0 spiro atoms. The number of benzene rings is 2. The zero-order chi connectivity index (χ0) is 18.2. The summed E-state index contributed by atoms with van der Waals surface area (Å²) >= 11 is 0. The fraction of sp³-hybridized carbons (Fsp3) is 0.350. The summed E-state index contributed by atoms with van der Waals surface area (Å²) in [5, 5.41) is 2.98. The molecule has 0 radical (unpaired) electrons. The lowest BCUT2D eigenvalue weighted by molar-refractivity contribution is -0.122. The van der Waals surface area contributed by atoms with Crippen molar-refractivity contribution in [3.8, 4) is 11.5 Å². The van der Waals surface area contributed by atoms with Gasteiger partial charge in [0.25, 0.3) is 0 Å². The highest BCUT2D eigenvalue weighted by atomic mass is 35.5. The van der Waals surface area contributed by atoms with Crippen molar-refractivity contribution < 1.29 is 14.3 Å². The minimum absolute atomic E-state index is 0. The van der Waals surface area contributed by atoms with Gasteiger partial charge in [-0.25, -0.2) is 0 Å². The minimum atomic E-state index is -0.560. The molecule has 26 heavy (non-hydrogen) atoms. The van der Waals surface area contributed by atoms with Crippen LogP contribution in [0.5, 0.6) is 11.5 Å². The molecule has 5 nitrogen and oxygen atoms in total. The maximum atomic E-state index is 12.3. The first-order valence-electron chi connectivity index (χ1n) is 8.34. The lowest BCUT2D eigenvalue weighted by Gasteiger charge is -2.18. The highest BCUT2D eigenvalue weighted by molar-refractivity contribution is 5.85. The van der Waals surface area contributed by atoms with Crippen molar-refractivity contribution in [1.29, 1.82) is 0 Å². The summed E-state index contributed by atoms with van der Waals surface area (Å²) in [5.74, 6) is 1.23. The van der Waals surface area contributed by atoms with E-state index in [0.29, 0.717) is 24.3 Å². The van der Waals surface area contributed by atoms with E-state index in [9.17, 15) is 4.79 Å². The molecule has 0 heterocycles. The fourth-order valence-electron chi connectivity index (χ4n) is 2.72. The third-order valence-corrected chi connectivity index (χ3v) is 4.01. The molecule has 2 atom stereocenters. The number of hydrogen-bond acceptors (Lipinski definition) is 4. The van der Waals surface area contributed by atoms with E-state index in [2.05, 4.69) is 5.32 Å². The first-order chi connectivity index (χ1) is 12.0. The van der Waals surface area contributed by atoms with Gasteiger partial charge in [0.2, 0.25) is 5.91 Å². The van der Waals surface area contributed by atoms with Gasteiger partial charge in [-0.15, -0.1) is 12.4 Å². The van der Waals surface area contributed by atoms with Gasteiger partial charge in [0.15, 0.2) is 11.5 Å². The summed E-state index contributed by atoms with van der Waals surface area (Å²) in [7, 11) is 3.21.